The summed E-state index contributed by atoms with van der Waals surface area (Å²) in [7, 11) is 0. The first-order chi connectivity index (χ1) is 4.43. The summed E-state index contributed by atoms with van der Waals surface area (Å²) in [5.41, 5.74) is 6.10. The van der Waals surface area contributed by atoms with Crippen LogP contribution in [0.2, 0.25) is 0 Å². The summed E-state index contributed by atoms with van der Waals surface area (Å²) in [4.78, 5) is 0. The molecule has 0 radical (unpaired) electrons. The second-order valence-corrected chi connectivity index (χ2v) is 2.49. The number of hydrazine groups is 1. The normalized spacial score (nSPS) is 21.0. The lowest BCUT2D eigenvalue weighted by Gasteiger charge is -2.03. The van der Waals surface area contributed by atoms with Crippen molar-refractivity contribution >= 4 is 0 Å². The first kappa shape index (κ1) is 6.99. The minimum Gasteiger partial charge on any atom is -0.396 e. The Balaban J connectivity index is 1.98. The van der Waals surface area contributed by atoms with E-state index in [0.717, 1.165) is 31.8 Å². The van der Waals surface area contributed by atoms with Crippen molar-refractivity contribution in [3.63, 3.8) is 0 Å². The van der Waals surface area contributed by atoms with Gasteiger partial charge in [0.25, 0.3) is 0 Å². The molecular formula is C6H14N2O. The molecular weight excluding hydrogens is 116 g/mol. The molecule has 9 heavy (non-hydrogen) atoms. The predicted molar refractivity (Wildman–Crippen MR) is 35.8 cm³/mol. The molecule has 1 aliphatic rings. The van der Waals surface area contributed by atoms with Crippen LogP contribution in [-0.2, 0) is 0 Å². The summed E-state index contributed by atoms with van der Waals surface area (Å²) in [6, 6.07) is 0. The van der Waals surface area contributed by atoms with Crippen LogP contribution in [0.25, 0.3) is 0 Å². The van der Waals surface area contributed by atoms with Gasteiger partial charge in [-0.05, 0) is 18.8 Å². The van der Waals surface area contributed by atoms with Crippen molar-refractivity contribution in [1.82, 2.24) is 10.9 Å². The van der Waals surface area contributed by atoms with Gasteiger partial charge in [0, 0.05) is 19.7 Å². The highest BCUT2D eigenvalue weighted by atomic mass is 16.2. The molecule has 1 saturated heterocycles. The monoisotopic (exact) mass is 130 g/mol. The SMILES string of the molecule is OCCCC1CNNC1. The van der Waals surface area contributed by atoms with Gasteiger partial charge in [0.1, 0.15) is 0 Å². The Morgan fingerprint density at radius 3 is 2.56 bits per heavy atom. The average Bonchev–Trinajstić information content (AvgIpc) is 2.34. The van der Waals surface area contributed by atoms with E-state index in [4.69, 9.17) is 5.11 Å². The van der Waals surface area contributed by atoms with Crippen molar-refractivity contribution in [2.24, 2.45) is 5.92 Å². The minimum atomic E-state index is 0.330. The van der Waals surface area contributed by atoms with Crippen LogP contribution in [0, 0.1) is 5.92 Å². The van der Waals surface area contributed by atoms with Gasteiger partial charge in [0.15, 0.2) is 0 Å². The lowest BCUT2D eigenvalue weighted by molar-refractivity contribution is 0.275. The van der Waals surface area contributed by atoms with Crippen molar-refractivity contribution in [3.05, 3.63) is 0 Å². The van der Waals surface area contributed by atoms with Crippen molar-refractivity contribution in [2.75, 3.05) is 19.7 Å². The van der Waals surface area contributed by atoms with E-state index in [0.29, 0.717) is 6.61 Å². The Labute approximate surface area is 55.4 Å². The van der Waals surface area contributed by atoms with Crippen molar-refractivity contribution in [1.29, 1.82) is 0 Å². The number of nitrogens with one attached hydrogen (secondary N) is 2. The molecule has 54 valence electrons. The Morgan fingerprint density at radius 2 is 2.00 bits per heavy atom. The van der Waals surface area contributed by atoms with Crippen LogP contribution in [0.3, 0.4) is 0 Å². The number of aliphatic hydroxyl groups excluding tert-OH is 1. The number of rotatable bonds is 3. The summed E-state index contributed by atoms with van der Waals surface area (Å²) >= 11 is 0. The van der Waals surface area contributed by atoms with Gasteiger partial charge < -0.3 is 5.11 Å². The third-order valence-electron chi connectivity index (χ3n) is 1.68. The van der Waals surface area contributed by atoms with Gasteiger partial charge in [-0.2, -0.15) is 0 Å². The fourth-order valence-corrected chi connectivity index (χ4v) is 1.09. The molecule has 1 rings (SSSR count). The van der Waals surface area contributed by atoms with Crippen LogP contribution in [-0.4, -0.2) is 24.8 Å². The Morgan fingerprint density at radius 1 is 1.33 bits per heavy atom. The van der Waals surface area contributed by atoms with Crippen molar-refractivity contribution < 1.29 is 5.11 Å². The maximum absolute atomic E-state index is 8.49. The molecule has 3 nitrogen and oxygen atoms in total. The first-order valence-electron chi connectivity index (χ1n) is 3.50. The molecule has 3 heteroatoms. The van der Waals surface area contributed by atoms with E-state index >= 15 is 0 Å². The lowest BCUT2D eigenvalue weighted by Crippen LogP contribution is -2.21. The highest BCUT2D eigenvalue weighted by Gasteiger charge is 2.12. The number of hydrogen-bond donors (Lipinski definition) is 3. The fourth-order valence-electron chi connectivity index (χ4n) is 1.09. The third kappa shape index (κ3) is 2.30. The summed E-state index contributed by atoms with van der Waals surface area (Å²) < 4.78 is 0. The van der Waals surface area contributed by atoms with E-state index in [-0.39, 0.29) is 0 Å². The Hall–Kier alpha value is -0.120. The molecule has 0 bridgehead atoms. The van der Waals surface area contributed by atoms with E-state index in [1.165, 1.54) is 0 Å². The second kappa shape index (κ2) is 3.82. The molecule has 1 aliphatic heterocycles. The molecule has 0 amide bonds. The molecule has 0 spiro atoms. The average molecular weight is 130 g/mol. The maximum atomic E-state index is 8.49. The summed E-state index contributed by atoms with van der Waals surface area (Å²) in [5, 5.41) is 8.49. The molecule has 3 N–H and O–H groups in total. The van der Waals surface area contributed by atoms with Crippen LogP contribution in [0.1, 0.15) is 12.8 Å². The standard InChI is InChI=1S/C6H14N2O/c9-3-1-2-6-4-7-8-5-6/h6-9H,1-5H2. The van der Waals surface area contributed by atoms with Gasteiger partial charge in [-0.25, -0.2) is 0 Å². The molecule has 0 unspecified atom stereocenters. The third-order valence-corrected chi connectivity index (χ3v) is 1.68. The Kier molecular flexibility index (Phi) is 2.97. The van der Waals surface area contributed by atoms with Gasteiger partial charge in [-0.3, -0.25) is 10.9 Å². The topological polar surface area (TPSA) is 44.3 Å². The van der Waals surface area contributed by atoms with Crippen molar-refractivity contribution in [2.45, 2.75) is 12.8 Å². The molecule has 1 heterocycles. The molecule has 0 aromatic heterocycles. The van der Waals surface area contributed by atoms with Crippen LogP contribution < -0.4 is 10.9 Å². The number of hydrogen-bond acceptors (Lipinski definition) is 3. The summed E-state index contributed by atoms with van der Waals surface area (Å²) in [5.74, 6) is 0.733. The first-order valence-corrected chi connectivity index (χ1v) is 3.50. The zero-order valence-corrected chi connectivity index (χ0v) is 5.56. The zero-order chi connectivity index (χ0) is 6.53. The maximum Gasteiger partial charge on any atom is 0.0431 e. The highest BCUT2D eigenvalue weighted by Crippen LogP contribution is 2.05. The van der Waals surface area contributed by atoms with Crippen LogP contribution in [0.4, 0.5) is 0 Å². The predicted octanol–water partition coefficient (Wildman–Crippen LogP) is -0.517. The Bertz CT molecular complexity index is 71.5. The van der Waals surface area contributed by atoms with Gasteiger partial charge in [-0.1, -0.05) is 0 Å². The van der Waals surface area contributed by atoms with Crippen LogP contribution >= 0.6 is 0 Å². The van der Waals surface area contributed by atoms with Crippen LogP contribution in [0.5, 0.6) is 0 Å². The van der Waals surface area contributed by atoms with Gasteiger partial charge in [0.2, 0.25) is 0 Å². The molecule has 0 saturated carbocycles. The van der Waals surface area contributed by atoms with Gasteiger partial charge in [0.05, 0.1) is 0 Å². The minimum absolute atomic E-state index is 0.330. The molecule has 1 fully saturated rings. The lowest BCUT2D eigenvalue weighted by atomic mass is 10.1. The zero-order valence-electron chi connectivity index (χ0n) is 5.56. The molecule has 0 aromatic carbocycles. The molecule has 0 aliphatic carbocycles. The molecule has 0 aromatic rings. The summed E-state index contributed by atoms with van der Waals surface area (Å²) in [6.07, 6.45) is 2.07. The van der Waals surface area contributed by atoms with E-state index in [9.17, 15) is 0 Å². The largest absolute Gasteiger partial charge is 0.396 e. The van der Waals surface area contributed by atoms with Crippen LogP contribution in [0.15, 0.2) is 0 Å². The van der Waals surface area contributed by atoms with E-state index < -0.39 is 0 Å². The number of aliphatic hydroxyl groups is 1. The van der Waals surface area contributed by atoms with E-state index in [2.05, 4.69) is 10.9 Å². The smallest absolute Gasteiger partial charge is 0.0431 e. The van der Waals surface area contributed by atoms with E-state index in [1.54, 1.807) is 0 Å². The second-order valence-electron chi connectivity index (χ2n) is 2.49. The fraction of sp³-hybridized carbons (Fsp3) is 1.00. The van der Waals surface area contributed by atoms with Crippen molar-refractivity contribution in [3.8, 4) is 0 Å². The molecule has 0 atom stereocenters. The quantitative estimate of drug-likeness (QED) is 0.482. The van der Waals surface area contributed by atoms with E-state index in [1.807, 2.05) is 0 Å². The summed E-state index contributed by atoms with van der Waals surface area (Å²) in [6.45, 7) is 2.44. The highest BCUT2D eigenvalue weighted by molar-refractivity contribution is 4.68. The van der Waals surface area contributed by atoms with Gasteiger partial charge in [-0.15, -0.1) is 0 Å². The van der Waals surface area contributed by atoms with Gasteiger partial charge >= 0.3 is 0 Å².